The number of halogens is 2. The fourth-order valence-corrected chi connectivity index (χ4v) is 3.23. The molecule has 2 amide bonds. The number of carbonyl (C=O) groups excluding carboxylic acids is 3. The van der Waals surface area contributed by atoms with Gasteiger partial charge in [0, 0.05) is 23.9 Å². The Morgan fingerprint density at radius 3 is 2.64 bits per heavy atom. The van der Waals surface area contributed by atoms with Crippen LogP contribution in [0.15, 0.2) is 35.7 Å². The van der Waals surface area contributed by atoms with E-state index in [4.69, 9.17) is 0 Å². The van der Waals surface area contributed by atoms with E-state index in [1.165, 1.54) is 18.4 Å². The molecule has 0 aliphatic heterocycles. The van der Waals surface area contributed by atoms with Crippen LogP contribution in [-0.2, 0) is 14.3 Å². The van der Waals surface area contributed by atoms with Crippen LogP contribution in [-0.4, -0.2) is 31.4 Å². The molecule has 0 bridgehead atoms. The van der Waals surface area contributed by atoms with Crippen molar-refractivity contribution >= 4 is 29.1 Å². The van der Waals surface area contributed by atoms with Gasteiger partial charge in [0.1, 0.15) is 11.6 Å². The van der Waals surface area contributed by atoms with Crippen LogP contribution in [0.2, 0.25) is 0 Å². The number of amides is 2. The average molecular weight is 410 g/mol. The molecule has 0 aliphatic carbocycles. The lowest BCUT2D eigenvalue weighted by Crippen LogP contribution is -2.31. The van der Waals surface area contributed by atoms with Gasteiger partial charge in [0.15, 0.2) is 0 Å². The topological polar surface area (TPSA) is 84.5 Å². The third-order valence-corrected chi connectivity index (χ3v) is 4.85. The normalized spacial score (nSPS) is 11.5. The van der Waals surface area contributed by atoms with Crippen LogP contribution in [0, 0.1) is 11.6 Å². The molecule has 0 saturated heterocycles. The quantitative estimate of drug-likeness (QED) is 0.492. The summed E-state index contributed by atoms with van der Waals surface area (Å²) in [5, 5.41) is 7.10. The number of hydrogen-bond donors (Lipinski definition) is 2. The first-order valence-electron chi connectivity index (χ1n) is 8.53. The molecule has 1 aromatic heterocycles. The van der Waals surface area contributed by atoms with Crippen LogP contribution < -0.4 is 10.6 Å². The molecule has 9 heteroatoms. The molecular formula is C19H20F2N2O4S. The van der Waals surface area contributed by atoms with Crippen molar-refractivity contribution in [3.63, 3.8) is 0 Å². The molecule has 2 aromatic rings. The molecule has 2 rings (SSSR count). The second-order valence-electron chi connectivity index (χ2n) is 5.90. The van der Waals surface area contributed by atoms with E-state index in [1.54, 1.807) is 0 Å². The second-order valence-corrected chi connectivity index (χ2v) is 6.88. The molecule has 1 unspecified atom stereocenters. The van der Waals surface area contributed by atoms with Gasteiger partial charge in [-0.3, -0.25) is 14.4 Å². The van der Waals surface area contributed by atoms with Gasteiger partial charge in [-0.1, -0.05) is 6.07 Å². The van der Waals surface area contributed by atoms with Crippen molar-refractivity contribution in [1.82, 2.24) is 10.6 Å². The minimum absolute atomic E-state index is 0.0172. The smallest absolute Gasteiger partial charge is 0.307 e. The Balaban J connectivity index is 1.79. The molecule has 0 saturated carbocycles. The van der Waals surface area contributed by atoms with Gasteiger partial charge in [0.25, 0.3) is 5.91 Å². The molecule has 2 N–H and O–H groups in total. The van der Waals surface area contributed by atoms with Gasteiger partial charge < -0.3 is 15.4 Å². The van der Waals surface area contributed by atoms with Crippen molar-refractivity contribution in [3.8, 4) is 0 Å². The highest BCUT2D eigenvalue weighted by Gasteiger charge is 2.19. The fraction of sp³-hybridized carbons (Fsp3) is 0.316. The average Bonchev–Trinajstić information content (AvgIpc) is 3.19. The SMILES string of the molecule is COC(=O)CC(NC(=O)CCCNC(=O)c1ccc(F)cc1F)c1cccs1. The van der Waals surface area contributed by atoms with Crippen LogP contribution >= 0.6 is 11.3 Å². The number of methoxy groups -OCH3 is 1. The number of nitrogens with one attached hydrogen (secondary N) is 2. The molecular weight excluding hydrogens is 390 g/mol. The summed E-state index contributed by atoms with van der Waals surface area (Å²) in [6.07, 6.45) is 0.439. The van der Waals surface area contributed by atoms with E-state index in [0.29, 0.717) is 12.5 Å². The van der Waals surface area contributed by atoms with Crippen molar-refractivity contribution in [2.45, 2.75) is 25.3 Å². The van der Waals surface area contributed by atoms with Crippen LogP contribution in [0.5, 0.6) is 0 Å². The van der Waals surface area contributed by atoms with Gasteiger partial charge in [0.2, 0.25) is 5.91 Å². The van der Waals surface area contributed by atoms with Crippen LogP contribution in [0.3, 0.4) is 0 Å². The number of rotatable bonds is 9. The number of benzene rings is 1. The zero-order valence-electron chi connectivity index (χ0n) is 15.2. The van der Waals surface area contributed by atoms with Gasteiger partial charge in [-0.15, -0.1) is 11.3 Å². The summed E-state index contributed by atoms with van der Waals surface area (Å²) in [6, 6.07) is 5.84. The van der Waals surface area contributed by atoms with Gasteiger partial charge in [0.05, 0.1) is 25.1 Å². The van der Waals surface area contributed by atoms with Gasteiger partial charge >= 0.3 is 5.97 Å². The van der Waals surface area contributed by atoms with Crippen molar-refractivity contribution < 1.29 is 27.9 Å². The van der Waals surface area contributed by atoms with E-state index in [0.717, 1.165) is 17.0 Å². The predicted octanol–water partition coefficient (Wildman–Crippen LogP) is 2.96. The minimum Gasteiger partial charge on any atom is -0.469 e. The number of thiophene rings is 1. The molecule has 28 heavy (non-hydrogen) atoms. The van der Waals surface area contributed by atoms with E-state index >= 15 is 0 Å². The maximum Gasteiger partial charge on any atom is 0.307 e. The molecule has 0 aliphatic rings. The lowest BCUT2D eigenvalue weighted by molar-refractivity contribution is -0.141. The summed E-state index contributed by atoms with van der Waals surface area (Å²) in [4.78, 5) is 36.4. The Bertz CT molecular complexity index is 827. The van der Waals surface area contributed by atoms with Crippen molar-refractivity contribution in [3.05, 3.63) is 57.8 Å². The minimum atomic E-state index is -0.947. The molecule has 0 radical (unpaired) electrons. The number of hydrogen-bond acceptors (Lipinski definition) is 5. The molecule has 150 valence electrons. The lowest BCUT2D eigenvalue weighted by Gasteiger charge is -2.16. The standard InChI is InChI=1S/C19H20F2N2O4S/c1-27-18(25)11-15(16-4-3-9-28-16)23-17(24)5-2-8-22-19(26)13-7-6-12(20)10-14(13)21/h3-4,6-7,9-10,15H,2,5,8,11H2,1H3,(H,22,26)(H,23,24). The summed E-state index contributed by atoms with van der Waals surface area (Å²) in [7, 11) is 1.28. The lowest BCUT2D eigenvalue weighted by atomic mass is 10.1. The summed E-state index contributed by atoms with van der Waals surface area (Å²) < 4.78 is 31.1. The Hall–Kier alpha value is -2.81. The van der Waals surface area contributed by atoms with E-state index in [2.05, 4.69) is 15.4 Å². The maximum absolute atomic E-state index is 13.5. The Labute approximate surface area is 164 Å². The molecule has 0 spiro atoms. The highest BCUT2D eigenvalue weighted by molar-refractivity contribution is 7.10. The zero-order valence-corrected chi connectivity index (χ0v) is 16.0. The number of ether oxygens (including phenoxy) is 1. The van der Waals surface area contributed by atoms with Gasteiger partial charge in [-0.2, -0.15) is 0 Å². The molecule has 6 nitrogen and oxygen atoms in total. The highest BCUT2D eigenvalue weighted by atomic mass is 32.1. The molecule has 1 heterocycles. The molecule has 1 aromatic carbocycles. The Morgan fingerprint density at radius 2 is 2.00 bits per heavy atom. The summed E-state index contributed by atoms with van der Waals surface area (Å²) in [5.41, 5.74) is -0.262. The van der Waals surface area contributed by atoms with Crippen molar-refractivity contribution in [2.24, 2.45) is 0 Å². The van der Waals surface area contributed by atoms with E-state index in [1.807, 2.05) is 17.5 Å². The second kappa shape index (κ2) is 10.5. The highest BCUT2D eigenvalue weighted by Crippen LogP contribution is 2.22. The molecule has 1 atom stereocenters. The summed E-state index contributed by atoms with van der Waals surface area (Å²) >= 11 is 1.42. The number of esters is 1. The van der Waals surface area contributed by atoms with Crippen LogP contribution in [0.1, 0.15) is 40.5 Å². The fourth-order valence-electron chi connectivity index (χ4n) is 2.45. The monoisotopic (exact) mass is 410 g/mol. The van der Waals surface area contributed by atoms with E-state index in [-0.39, 0.29) is 30.9 Å². The van der Waals surface area contributed by atoms with Gasteiger partial charge in [-0.05, 0) is 30.0 Å². The van der Waals surface area contributed by atoms with E-state index < -0.39 is 29.6 Å². The van der Waals surface area contributed by atoms with E-state index in [9.17, 15) is 23.2 Å². The van der Waals surface area contributed by atoms with Gasteiger partial charge in [-0.25, -0.2) is 8.78 Å². The first kappa shape index (κ1) is 21.5. The van der Waals surface area contributed by atoms with Crippen LogP contribution in [0.25, 0.3) is 0 Å². The first-order chi connectivity index (χ1) is 13.4. The molecule has 0 fully saturated rings. The largest absolute Gasteiger partial charge is 0.469 e. The van der Waals surface area contributed by atoms with Crippen molar-refractivity contribution in [2.75, 3.05) is 13.7 Å². The third kappa shape index (κ3) is 6.41. The number of carbonyl (C=O) groups is 3. The zero-order chi connectivity index (χ0) is 20.5. The Morgan fingerprint density at radius 1 is 1.21 bits per heavy atom. The first-order valence-corrected chi connectivity index (χ1v) is 9.41. The van der Waals surface area contributed by atoms with Crippen molar-refractivity contribution in [1.29, 1.82) is 0 Å². The predicted molar refractivity (Wildman–Crippen MR) is 99.8 cm³/mol. The van der Waals surface area contributed by atoms with Crippen LogP contribution in [0.4, 0.5) is 8.78 Å². The summed E-state index contributed by atoms with van der Waals surface area (Å²) in [5.74, 6) is -3.12. The summed E-state index contributed by atoms with van der Waals surface area (Å²) in [6.45, 7) is 0.143. The third-order valence-electron chi connectivity index (χ3n) is 3.86. The maximum atomic E-state index is 13.5. The Kier molecular flexibility index (Phi) is 8.06.